The van der Waals surface area contributed by atoms with Crippen molar-refractivity contribution >= 4 is 23.6 Å². The van der Waals surface area contributed by atoms with Gasteiger partial charge in [-0.05, 0) is 24.0 Å². The molecule has 4 N–H and O–H groups in total. The SMILES string of the molecule is CSCC[C@H](N)C(=O)NC(Cc1ccccc1)C(=O)O. The van der Waals surface area contributed by atoms with Gasteiger partial charge in [-0.3, -0.25) is 4.79 Å². The molecular formula is C14H20N2O3S. The van der Waals surface area contributed by atoms with Gasteiger partial charge in [-0.1, -0.05) is 30.3 Å². The van der Waals surface area contributed by atoms with Gasteiger partial charge in [0.2, 0.25) is 5.91 Å². The lowest BCUT2D eigenvalue weighted by molar-refractivity contribution is -0.142. The van der Waals surface area contributed by atoms with Gasteiger partial charge in [0.25, 0.3) is 0 Å². The Morgan fingerprint density at radius 3 is 2.55 bits per heavy atom. The van der Waals surface area contributed by atoms with Crippen LogP contribution in [0.5, 0.6) is 0 Å². The van der Waals surface area contributed by atoms with Crippen molar-refractivity contribution in [2.24, 2.45) is 5.73 Å². The zero-order valence-corrected chi connectivity index (χ0v) is 12.2. The number of hydrogen-bond acceptors (Lipinski definition) is 4. The first-order chi connectivity index (χ1) is 9.54. The minimum atomic E-state index is -1.06. The van der Waals surface area contributed by atoms with Gasteiger partial charge in [-0.25, -0.2) is 4.79 Å². The van der Waals surface area contributed by atoms with Gasteiger partial charge < -0.3 is 16.2 Å². The smallest absolute Gasteiger partial charge is 0.326 e. The van der Waals surface area contributed by atoms with Crippen LogP contribution in [-0.2, 0) is 16.0 Å². The van der Waals surface area contributed by atoms with Crippen molar-refractivity contribution in [1.82, 2.24) is 5.32 Å². The van der Waals surface area contributed by atoms with Gasteiger partial charge in [-0.2, -0.15) is 11.8 Å². The number of carbonyl (C=O) groups is 2. The molecule has 1 aromatic carbocycles. The van der Waals surface area contributed by atoms with Crippen molar-refractivity contribution in [3.8, 4) is 0 Å². The van der Waals surface area contributed by atoms with Gasteiger partial charge in [0.15, 0.2) is 0 Å². The van der Waals surface area contributed by atoms with Crippen LogP contribution in [0, 0.1) is 0 Å². The lowest BCUT2D eigenvalue weighted by Crippen LogP contribution is -2.49. The van der Waals surface area contributed by atoms with E-state index in [9.17, 15) is 14.7 Å². The van der Waals surface area contributed by atoms with Crippen LogP contribution in [0.1, 0.15) is 12.0 Å². The molecule has 0 saturated heterocycles. The Labute approximate surface area is 122 Å². The maximum absolute atomic E-state index is 11.8. The van der Waals surface area contributed by atoms with E-state index in [0.717, 1.165) is 11.3 Å². The quantitative estimate of drug-likeness (QED) is 0.662. The molecule has 0 fully saturated rings. The summed E-state index contributed by atoms with van der Waals surface area (Å²) in [6.45, 7) is 0. The molecule has 20 heavy (non-hydrogen) atoms. The minimum absolute atomic E-state index is 0.247. The van der Waals surface area contributed by atoms with Crippen molar-refractivity contribution in [2.75, 3.05) is 12.0 Å². The van der Waals surface area contributed by atoms with Crippen LogP contribution in [0.3, 0.4) is 0 Å². The second-order valence-electron chi connectivity index (χ2n) is 4.48. The zero-order chi connectivity index (χ0) is 15.0. The minimum Gasteiger partial charge on any atom is -0.480 e. The third-order valence-corrected chi connectivity index (χ3v) is 3.51. The number of aliphatic carboxylic acids is 1. The van der Waals surface area contributed by atoms with Crippen molar-refractivity contribution < 1.29 is 14.7 Å². The Balaban J connectivity index is 2.59. The first kappa shape index (κ1) is 16.5. The van der Waals surface area contributed by atoms with E-state index in [4.69, 9.17) is 5.73 Å². The molecule has 1 unspecified atom stereocenters. The Kier molecular flexibility index (Phi) is 7.11. The normalized spacial score (nSPS) is 13.5. The third kappa shape index (κ3) is 5.63. The molecule has 0 aliphatic rings. The van der Waals surface area contributed by atoms with Crippen LogP contribution < -0.4 is 11.1 Å². The van der Waals surface area contributed by atoms with Crippen molar-refractivity contribution in [3.05, 3.63) is 35.9 Å². The predicted octanol–water partition coefficient (Wildman–Crippen LogP) is 0.879. The molecule has 6 heteroatoms. The molecule has 0 saturated carbocycles. The molecule has 0 spiro atoms. The summed E-state index contributed by atoms with van der Waals surface area (Å²) < 4.78 is 0. The predicted molar refractivity (Wildman–Crippen MR) is 80.7 cm³/mol. The van der Waals surface area contributed by atoms with E-state index >= 15 is 0 Å². The third-order valence-electron chi connectivity index (χ3n) is 2.87. The number of benzene rings is 1. The lowest BCUT2D eigenvalue weighted by atomic mass is 10.1. The largest absolute Gasteiger partial charge is 0.480 e. The first-order valence-corrected chi connectivity index (χ1v) is 7.75. The van der Waals surface area contributed by atoms with Gasteiger partial charge in [0, 0.05) is 6.42 Å². The Bertz CT molecular complexity index is 439. The molecule has 0 radical (unpaired) electrons. The fourth-order valence-corrected chi connectivity index (χ4v) is 2.19. The number of hydrogen-bond donors (Lipinski definition) is 3. The Morgan fingerprint density at radius 2 is 2.00 bits per heavy atom. The molecule has 0 aliphatic carbocycles. The number of nitrogens with one attached hydrogen (secondary N) is 1. The van der Waals surface area contributed by atoms with E-state index < -0.39 is 24.0 Å². The van der Waals surface area contributed by atoms with Gasteiger partial charge in [0.1, 0.15) is 6.04 Å². The highest BCUT2D eigenvalue weighted by Gasteiger charge is 2.23. The van der Waals surface area contributed by atoms with Crippen LogP contribution in [0.25, 0.3) is 0 Å². The number of carbonyl (C=O) groups excluding carboxylic acids is 1. The van der Waals surface area contributed by atoms with Gasteiger partial charge >= 0.3 is 5.97 Å². The summed E-state index contributed by atoms with van der Waals surface area (Å²) in [7, 11) is 0. The molecule has 110 valence electrons. The standard InChI is InChI=1S/C14H20N2O3S/c1-20-8-7-11(15)13(17)16-12(14(18)19)9-10-5-3-2-4-6-10/h2-6,11-12H,7-9,15H2,1H3,(H,16,17)(H,18,19)/t11-,12?/m0/s1. The summed E-state index contributed by atoms with van der Waals surface area (Å²) in [6, 6.07) is 7.56. The lowest BCUT2D eigenvalue weighted by Gasteiger charge is -2.17. The molecule has 5 nitrogen and oxygen atoms in total. The van der Waals surface area contributed by atoms with Crippen molar-refractivity contribution in [3.63, 3.8) is 0 Å². The molecule has 0 aliphatic heterocycles. The highest BCUT2D eigenvalue weighted by Crippen LogP contribution is 2.05. The monoisotopic (exact) mass is 296 g/mol. The topological polar surface area (TPSA) is 92.4 Å². The fourth-order valence-electron chi connectivity index (χ4n) is 1.70. The molecular weight excluding hydrogens is 276 g/mol. The van der Waals surface area contributed by atoms with E-state index in [1.165, 1.54) is 0 Å². The summed E-state index contributed by atoms with van der Waals surface area (Å²) >= 11 is 1.60. The van der Waals surface area contributed by atoms with E-state index in [1.807, 2.05) is 36.6 Å². The summed E-state index contributed by atoms with van der Waals surface area (Å²) in [5.41, 5.74) is 6.59. The molecule has 0 aromatic heterocycles. The van der Waals surface area contributed by atoms with Crippen LogP contribution in [0.15, 0.2) is 30.3 Å². The van der Waals surface area contributed by atoms with E-state index in [0.29, 0.717) is 6.42 Å². The number of thioether (sulfide) groups is 1. The Morgan fingerprint density at radius 1 is 1.35 bits per heavy atom. The van der Waals surface area contributed by atoms with Crippen molar-refractivity contribution in [2.45, 2.75) is 24.9 Å². The maximum Gasteiger partial charge on any atom is 0.326 e. The molecule has 1 rings (SSSR count). The number of amides is 1. The highest BCUT2D eigenvalue weighted by atomic mass is 32.2. The second kappa shape index (κ2) is 8.60. The Hall–Kier alpha value is -1.53. The van der Waals surface area contributed by atoms with Crippen molar-refractivity contribution in [1.29, 1.82) is 0 Å². The van der Waals surface area contributed by atoms with E-state index in [-0.39, 0.29) is 6.42 Å². The highest BCUT2D eigenvalue weighted by molar-refractivity contribution is 7.98. The fraction of sp³-hybridized carbons (Fsp3) is 0.429. The maximum atomic E-state index is 11.8. The molecule has 2 atom stereocenters. The second-order valence-corrected chi connectivity index (χ2v) is 5.46. The number of carboxylic acids is 1. The van der Waals surface area contributed by atoms with Crippen LogP contribution in [0.4, 0.5) is 0 Å². The van der Waals surface area contributed by atoms with Gasteiger partial charge in [-0.15, -0.1) is 0 Å². The average molecular weight is 296 g/mol. The van der Waals surface area contributed by atoms with Crippen LogP contribution in [0.2, 0.25) is 0 Å². The average Bonchev–Trinajstić information content (AvgIpc) is 2.44. The summed E-state index contributed by atoms with van der Waals surface area (Å²) in [5, 5.41) is 11.7. The number of rotatable bonds is 8. The van der Waals surface area contributed by atoms with E-state index in [1.54, 1.807) is 11.8 Å². The first-order valence-electron chi connectivity index (χ1n) is 6.36. The summed E-state index contributed by atoms with van der Waals surface area (Å²) in [5.74, 6) is -0.702. The molecule has 0 heterocycles. The van der Waals surface area contributed by atoms with E-state index in [2.05, 4.69) is 5.32 Å². The van der Waals surface area contributed by atoms with Gasteiger partial charge in [0.05, 0.1) is 6.04 Å². The number of carboxylic acid groups (broad SMARTS) is 1. The molecule has 0 bridgehead atoms. The zero-order valence-electron chi connectivity index (χ0n) is 11.4. The number of nitrogens with two attached hydrogens (primary N) is 1. The summed E-state index contributed by atoms with van der Waals surface area (Å²) in [4.78, 5) is 23.1. The molecule has 1 amide bonds. The molecule has 1 aromatic rings. The van der Waals surface area contributed by atoms with Crippen LogP contribution in [-0.4, -0.2) is 41.1 Å². The van der Waals surface area contributed by atoms with Crippen LogP contribution >= 0.6 is 11.8 Å². The summed E-state index contributed by atoms with van der Waals surface area (Å²) in [6.07, 6.45) is 2.71.